The molecule has 0 aliphatic rings. The molecule has 0 aromatic heterocycles. The highest BCUT2D eigenvalue weighted by atomic mass is 32.2. The molecule has 2 aromatic rings. The fraction of sp³-hybridized carbons (Fsp3) is 0.143. The van der Waals surface area contributed by atoms with Gasteiger partial charge in [0.25, 0.3) is 0 Å². The van der Waals surface area contributed by atoms with E-state index < -0.39 is 17.5 Å². The second-order valence-electron chi connectivity index (χ2n) is 4.04. The van der Waals surface area contributed by atoms with Crippen LogP contribution in [0.4, 0.5) is 18.9 Å². The van der Waals surface area contributed by atoms with Crippen molar-refractivity contribution in [1.29, 1.82) is 0 Å². The molecule has 2 nitrogen and oxygen atoms in total. The van der Waals surface area contributed by atoms with E-state index in [1.807, 2.05) is 0 Å². The Morgan fingerprint density at radius 2 is 1.80 bits per heavy atom. The third-order valence-corrected chi connectivity index (χ3v) is 3.79. The van der Waals surface area contributed by atoms with Gasteiger partial charge in [-0.1, -0.05) is 12.1 Å². The summed E-state index contributed by atoms with van der Waals surface area (Å²) in [6.07, 6.45) is 0. The smallest absolute Gasteiger partial charge is 0.169 e. The Bertz CT molecular complexity index is 611. The molecule has 0 unspecified atom stereocenters. The van der Waals surface area contributed by atoms with Crippen LogP contribution in [0.2, 0.25) is 0 Å². The average molecular weight is 299 g/mol. The van der Waals surface area contributed by atoms with Crippen LogP contribution in [0.5, 0.6) is 5.75 Å². The van der Waals surface area contributed by atoms with Gasteiger partial charge < -0.3 is 10.5 Å². The quantitative estimate of drug-likeness (QED) is 0.685. The fourth-order valence-electron chi connectivity index (χ4n) is 1.69. The second-order valence-corrected chi connectivity index (χ2v) is 5.02. The molecule has 106 valence electrons. The Kier molecular flexibility index (Phi) is 4.44. The molecular weight excluding hydrogens is 287 g/mol. The third-order valence-electron chi connectivity index (χ3n) is 2.66. The Hall–Kier alpha value is -1.82. The number of halogens is 3. The molecule has 0 aliphatic heterocycles. The standard InChI is InChI=1S/C14H12F3NOS/c1-19-12-4-2-3-8(13(12)17)7-20-14-10(15)5-9(18)6-11(14)16/h2-6H,7,18H2,1H3. The predicted molar refractivity (Wildman–Crippen MR) is 73.3 cm³/mol. The van der Waals surface area contributed by atoms with Crippen LogP contribution in [-0.4, -0.2) is 7.11 Å². The minimum atomic E-state index is -0.754. The molecule has 0 spiro atoms. The van der Waals surface area contributed by atoms with Crippen LogP contribution in [-0.2, 0) is 5.75 Å². The van der Waals surface area contributed by atoms with Crippen molar-refractivity contribution >= 4 is 17.4 Å². The number of hydrogen-bond donors (Lipinski definition) is 1. The summed E-state index contributed by atoms with van der Waals surface area (Å²) in [7, 11) is 1.36. The van der Waals surface area contributed by atoms with E-state index in [9.17, 15) is 13.2 Å². The van der Waals surface area contributed by atoms with Crippen LogP contribution in [0.15, 0.2) is 35.2 Å². The summed E-state index contributed by atoms with van der Waals surface area (Å²) in [5.74, 6) is -1.85. The van der Waals surface area contributed by atoms with Gasteiger partial charge in [0.15, 0.2) is 11.6 Å². The Morgan fingerprint density at radius 3 is 2.40 bits per heavy atom. The number of nitrogen functional groups attached to an aromatic ring is 1. The predicted octanol–water partition coefficient (Wildman–Crippen LogP) is 3.99. The summed E-state index contributed by atoms with van der Waals surface area (Å²) in [5, 5.41) is 0. The van der Waals surface area contributed by atoms with Crippen LogP contribution >= 0.6 is 11.8 Å². The van der Waals surface area contributed by atoms with Crippen molar-refractivity contribution in [3.63, 3.8) is 0 Å². The van der Waals surface area contributed by atoms with Gasteiger partial charge in [0.2, 0.25) is 0 Å². The zero-order valence-electron chi connectivity index (χ0n) is 10.6. The van der Waals surface area contributed by atoms with Crippen molar-refractivity contribution < 1.29 is 17.9 Å². The number of methoxy groups -OCH3 is 1. The summed E-state index contributed by atoms with van der Waals surface area (Å²) in [6, 6.07) is 6.71. The summed E-state index contributed by atoms with van der Waals surface area (Å²) < 4.78 is 45.9. The molecule has 20 heavy (non-hydrogen) atoms. The number of hydrogen-bond acceptors (Lipinski definition) is 3. The molecule has 2 N–H and O–H groups in total. The van der Waals surface area contributed by atoms with Crippen molar-refractivity contribution in [1.82, 2.24) is 0 Å². The van der Waals surface area contributed by atoms with E-state index in [2.05, 4.69) is 0 Å². The van der Waals surface area contributed by atoms with Crippen molar-refractivity contribution in [2.75, 3.05) is 12.8 Å². The number of nitrogens with two attached hydrogens (primary N) is 1. The lowest BCUT2D eigenvalue weighted by Gasteiger charge is -2.09. The molecule has 0 heterocycles. The van der Waals surface area contributed by atoms with Gasteiger partial charge in [0.05, 0.1) is 12.0 Å². The van der Waals surface area contributed by atoms with E-state index >= 15 is 0 Å². The van der Waals surface area contributed by atoms with E-state index in [1.165, 1.54) is 19.2 Å². The minimum absolute atomic E-state index is 0.0110. The topological polar surface area (TPSA) is 35.2 Å². The van der Waals surface area contributed by atoms with E-state index in [0.717, 1.165) is 23.9 Å². The summed E-state index contributed by atoms with van der Waals surface area (Å²) >= 11 is 0.868. The Balaban J connectivity index is 2.21. The summed E-state index contributed by atoms with van der Waals surface area (Å²) in [4.78, 5) is -0.179. The SMILES string of the molecule is COc1cccc(CSc2c(F)cc(N)cc2F)c1F. The third kappa shape index (κ3) is 3.01. The van der Waals surface area contributed by atoms with Crippen molar-refractivity contribution in [3.05, 3.63) is 53.3 Å². The first-order chi connectivity index (χ1) is 9.52. The normalized spacial score (nSPS) is 10.6. The van der Waals surface area contributed by atoms with Gasteiger partial charge in [-0.25, -0.2) is 13.2 Å². The molecule has 6 heteroatoms. The van der Waals surface area contributed by atoms with Crippen molar-refractivity contribution in [2.24, 2.45) is 0 Å². The monoisotopic (exact) mass is 299 g/mol. The highest BCUT2D eigenvalue weighted by molar-refractivity contribution is 7.98. The van der Waals surface area contributed by atoms with Crippen LogP contribution in [0.3, 0.4) is 0 Å². The van der Waals surface area contributed by atoms with Crippen LogP contribution in [0.25, 0.3) is 0 Å². The average Bonchev–Trinajstić information content (AvgIpc) is 2.39. The summed E-state index contributed by atoms with van der Waals surface area (Å²) in [6.45, 7) is 0. The minimum Gasteiger partial charge on any atom is -0.494 e. The summed E-state index contributed by atoms with van der Waals surface area (Å²) in [5.41, 5.74) is 5.65. The molecule has 0 aliphatic carbocycles. The van der Waals surface area contributed by atoms with Crippen LogP contribution < -0.4 is 10.5 Å². The van der Waals surface area contributed by atoms with Crippen molar-refractivity contribution in [2.45, 2.75) is 10.6 Å². The van der Waals surface area contributed by atoms with Gasteiger partial charge in [-0.3, -0.25) is 0 Å². The number of ether oxygens (including phenoxy) is 1. The van der Waals surface area contributed by atoms with Crippen molar-refractivity contribution in [3.8, 4) is 5.75 Å². The van der Waals surface area contributed by atoms with E-state index in [1.54, 1.807) is 6.07 Å². The number of thioether (sulfide) groups is 1. The maximum absolute atomic E-state index is 13.9. The zero-order chi connectivity index (χ0) is 14.7. The molecule has 0 bridgehead atoms. The van der Waals surface area contributed by atoms with Gasteiger partial charge in [-0.05, 0) is 18.2 Å². The molecule has 0 fully saturated rings. The molecule has 2 rings (SSSR count). The first kappa shape index (κ1) is 14.6. The highest BCUT2D eigenvalue weighted by Gasteiger charge is 2.14. The second kappa shape index (κ2) is 6.09. The van der Waals surface area contributed by atoms with E-state index in [0.29, 0.717) is 5.56 Å². The zero-order valence-corrected chi connectivity index (χ0v) is 11.4. The van der Waals surface area contributed by atoms with Gasteiger partial charge >= 0.3 is 0 Å². The number of benzene rings is 2. The van der Waals surface area contributed by atoms with Gasteiger partial charge in [-0.2, -0.15) is 0 Å². The lowest BCUT2D eigenvalue weighted by atomic mass is 10.2. The van der Waals surface area contributed by atoms with E-state index in [4.69, 9.17) is 10.5 Å². The molecule has 0 saturated heterocycles. The Labute approximate surface area is 118 Å². The molecular formula is C14H12F3NOS. The van der Waals surface area contributed by atoms with Gasteiger partial charge in [0, 0.05) is 17.0 Å². The largest absolute Gasteiger partial charge is 0.494 e. The van der Waals surface area contributed by atoms with Crippen LogP contribution in [0, 0.1) is 17.5 Å². The fourth-order valence-corrected chi connectivity index (χ4v) is 2.61. The maximum Gasteiger partial charge on any atom is 0.169 e. The molecule has 2 aromatic carbocycles. The lowest BCUT2D eigenvalue weighted by molar-refractivity contribution is 0.385. The molecule has 0 atom stereocenters. The molecule has 0 radical (unpaired) electrons. The number of anilines is 1. The molecule has 0 saturated carbocycles. The molecule has 0 amide bonds. The first-order valence-electron chi connectivity index (χ1n) is 5.71. The van der Waals surface area contributed by atoms with Crippen LogP contribution in [0.1, 0.15) is 5.56 Å². The first-order valence-corrected chi connectivity index (χ1v) is 6.70. The highest BCUT2D eigenvalue weighted by Crippen LogP contribution is 2.32. The van der Waals surface area contributed by atoms with E-state index in [-0.39, 0.29) is 22.1 Å². The maximum atomic E-state index is 13.9. The number of rotatable bonds is 4. The Morgan fingerprint density at radius 1 is 1.15 bits per heavy atom. The lowest BCUT2D eigenvalue weighted by Crippen LogP contribution is -1.96. The van der Waals surface area contributed by atoms with Gasteiger partial charge in [-0.15, -0.1) is 11.8 Å². The van der Waals surface area contributed by atoms with Gasteiger partial charge in [0.1, 0.15) is 11.6 Å².